The summed E-state index contributed by atoms with van der Waals surface area (Å²) in [6.45, 7) is 0.892. The Morgan fingerprint density at radius 2 is 2.00 bits per heavy atom. The van der Waals surface area contributed by atoms with Crippen molar-refractivity contribution in [2.45, 2.75) is 57.2 Å². The molecule has 0 aromatic rings. The molecule has 1 saturated carbocycles. The molecule has 1 aliphatic rings. The summed E-state index contributed by atoms with van der Waals surface area (Å²) in [7, 11) is 0. The molecule has 1 aliphatic carbocycles. The van der Waals surface area contributed by atoms with Gasteiger partial charge in [0.05, 0.1) is 13.2 Å². The molecule has 5 heteroatoms. The Morgan fingerprint density at radius 1 is 1.29 bits per heavy atom. The van der Waals surface area contributed by atoms with Crippen LogP contribution in [0.25, 0.3) is 0 Å². The summed E-state index contributed by atoms with van der Waals surface area (Å²) in [4.78, 5) is 0. The van der Waals surface area contributed by atoms with Gasteiger partial charge in [0.1, 0.15) is 0 Å². The summed E-state index contributed by atoms with van der Waals surface area (Å²) in [6, 6.07) is 0. The first-order valence-corrected chi connectivity index (χ1v) is 6.33. The van der Waals surface area contributed by atoms with Gasteiger partial charge >= 0.3 is 6.18 Å². The van der Waals surface area contributed by atoms with Crippen molar-refractivity contribution in [2.24, 2.45) is 5.92 Å². The fourth-order valence-corrected chi connectivity index (χ4v) is 2.57. The van der Waals surface area contributed by atoms with Gasteiger partial charge in [-0.3, -0.25) is 0 Å². The number of alkyl halides is 3. The van der Waals surface area contributed by atoms with Crippen LogP contribution in [-0.4, -0.2) is 30.0 Å². The van der Waals surface area contributed by atoms with Crippen LogP contribution in [0.15, 0.2) is 0 Å². The van der Waals surface area contributed by atoms with Gasteiger partial charge in [0.2, 0.25) is 0 Å². The van der Waals surface area contributed by atoms with Crippen LogP contribution in [-0.2, 0) is 0 Å². The maximum Gasteiger partial charge on any atom is 0.401 e. The first kappa shape index (κ1) is 14.8. The number of hydrogen-bond donors (Lipinski definition) is 2. The van der Waals surface area contributed by atoms with Gasteiger partial charge < -0.3 is 10.4 Å². The number of hydrogen-bond acceptors (Lipinski definition) is 2. The highest BCUT2D eigenvalue weighted by Crippen LogP contribution is 2.32. The lowest BCUT2D eigenvalue weighted by Gasteiger charge is -2.32. The molecule has 0 heterocycles. The van der Waals surface area contributed by atoms with E-state index in [0.717, 1.165) is 25.7 Å². The minimum Gasteiger partial charge on any atom is -0.394 e. The lowest BCUT2D eigenvalue weighted by Crippen LogP contribution is -2.51. The Morgan fingerprint density at radius 3 is 2.53 bits per heavy atom. The maximum atomic E-state index is 12.2. The van der Waals surface area contributed by atoms with E-state index in [1.165, 1.54) is 0 Å². The second-order valence-electron chi connectivity index (χ2n) is 5.11. The highest BCUT2D eigenvalue weighted by Gasteiger charge is 2.36. The van der Waals surface area contributed by atoms with Crippen molar-refractivity contribution in [3.63, 3.8) is 0 Å². The molecule has 0 aliphatic heterocycles. The largest absolute Gasteiger partial charge is 0.401 e. The Hall–Kier alpha value is -0.290. The van der Waals surface area contributed by atoms with Gasteiger partial charge in [-0.2, -0.15) is 13.2 Å². The Balaban J connectivity index is 2.55. The normalized spacial score (nSPS) is 31.2. The average Bonchev–Trinajstić information content (AvgIpc) is 2.48. The highest BCUT2D eigenvalue weighted by atomic mass is 19.4. The van der Waals surface area contributed by atoms with Gasteiger partial charge in [-0.25, -0.2) is 0 Å². The van der Waals surface area contributed by atoms with Crippen LogP contribution in [0.5, 0.6) is 0 Å². The third-order valence-electron chi connectivity index (χ3n) is 3.84. The van der Waals surface area contributed by atoms with Crippen LogP contribution in [0.1, 0.15) is 45.4 Å². The number of rotatable bonds is 4. The molecule has 0 saturated heterocycles. The molecule has 17 heavy (non-hydrogen) atoms. The fourth-order valence-electron chi connectivity index (χ4n) is 2.57. The van der Waals surface area contributed by atoms with Crippen LogP contribution in [0, 0.1) is 5.92 Å². The van der Waals surface area contributed by atoms with Crippen molar-refractivity contribution < 1.29 is 18.3 Å². The molecular weight excluding hydrogens is 231 g/mol. The monoisotopic (exact) mass is 253 g/mol. The van der Waals surface area contributed by atoms with Gasteiger partial charge in [-0.15, -0.1) is 0 Å². The van der Waals surface area contributed by atoms with Crippen molar-refractivity contribution >= 4 is 0 Å². The minimum atomic E-state index is -4.21. The molecule has 2 atom stereocenters. The van der Waals surface area contributed by atoms with Crippen LogP contribution >= 0.6 is 0 Å². The molecule has 102 valence electrons. The molecule has 2 nitrogen and oxygen atoms in total. The van der Waals surface area contributed by atoms with E-state index in [0.29, 0.717) is 18.8 Å². The fraction of sp³-hybridized carbons (Fsp3) is 1.00. The molecule has 0 radical (unpaired) electrons. The molecule has 0 spiro atoms. The molecule has 0 amide bonds. The molecular formula is C12H22F3NO. The maximum absolute atomic E-state index is 12.2. The van der Waals surface area contributed by atoms with Gasteiger partial charge in [0.15, 0.2) is 0 Å². The molecule has 0 aromatic heterocycles. The van der Waals surface area contributed by atoms with Gasteiger partial charge in [0.25, 0.3) is 0 Å². The smallest absolute Gasteiger partial charge is 0.394 e. The number of aliphatic hydroxyl groups is 1. The summed E-state index contributed by atoms with van der Waals surface area (Å²) in [6.07, 6.45) is 0.991. The van der Waals surface area contributed by atoms with Gasteiger partial charge in [-0.1, -0.05) is 26.2 Å². The molecule has 2 N–H and O–H groups in total. The van der Waals surface area contributed by atoms with E-state index in [9.17, 15) is 18.3 Å². The third-order valence-corrected chi connectivity index (χ3v) is 3.84. The van der Waals surface area contributed by atoms with Crippen LogP contribution in [0.2, 0.25) is 0 Å². The Kier molecular flexibility index (Phi) is 5.25. The SMILES string of the molecule is CCC1CCCC(CO)(NCC(F)(F)F)CC1. The van der Waals surface area contributed by atoms with Crippen molar-refractivity contribution in [3.05, 3.63) is 0 Å². The summed E-state index contributed by atoms with van der Waals surface area (Å²) >= 11 is 0. The molecule has 2 unspecified atom stereocenters. The summed E-state index contributed by atoms with van der Waals surface area (Å²) in [5.41, 5.74) is -0.723. The van der Waals surface area contributed by atoms with Crippen LogP contribution < -0.4 is 5.32 Å². The van der Waals surface area contributed by atoms with Crippen molar-refractivity contribution in [1.82, 2.24) is 5.32 Å². The molecule has 1 fully saturated rings. The topological polar surface area (TPSA) is 32.3 Å². The first-order chi connectivity index (χ1) is 7.91. The lowest BCUT2D eigenvalue weighted by atomic mass is 9.90. The third kappa shape index (κ3) is 4.84. The quantitative estimate of drug-likeness (QED) is 0.755. The van der Waals surface area contributed by atoms with E-state index in [1.807, 2.05) is 0 Å². The highest BCUT2D eigenvalue weighted by molar-refractivity contribution is 4.91. The van der Waals surface area contributed by atoms with Crippen molar-refractivity contribution in [3.8, 4) is 0 Å². The second-order valence-corrected chi connectivity index (χ2v) is 5.11. The summed E-state index contributed by atoms with van der Waals surface area (Å²) < 4.78 is 36.7. The van der Waals surface area contributed by atoms with E-state index >= 15 is 0 Å². The standard InChI is InChI=1S/C12H22F3NO/c1-2-10-4-3-6-11(9-17,7-5-10)16-8-12(13,14)15/h10,16-17H,2-9H2,1H3. The Labute approximate surface area is 101 Å². The first-order valence-electron chi connectivity index (χ1n) is 6.33. The predicted molar refractivity (Wildman–Crippen MR) is 60.7 cm³/mol. The Bertz CT molecular complexity index is 232. The van der Waals surface area contributed by atoms with Gasteiger partial charge in [-0.05, 0) is 25.2 Å². The number of halogens is 3. The van der Waals surface area contributed by atoms with Crippen LogP contribution in [0.3, 0.4) is 0 Å². The number of aliphatic hydroxyl groups excluding tert-OH is 1. The number of nitrogens with one attached hydrogen (secondary N) is 1. The molecule has 1 rings (SSSR count). The van der Waals surface area contributed by atoms with Gasteiger partial charge in [0, 0.05) is 5.54 Å². The summed E-state index contributed by atoms with van der Waals surface area (Å²) in [5.74, 6) is 0.594. The predicted octanol–water partition coefficient (Wildman–Crippen LogP) is 2.86. The van der Waals surface area contributed by atoms with E-state index < -0.39 is 18.3 Å². The van der Waals surface area contributed by atoms with E-state index in [2.05, 4.69) is 12.2 Å². The van der Waals surface area contributed by atoms with E-state index in [1.54, 1.807) is 0 Å². The molecule has 0 aromatic carbocycles. The van der Waals surface area contributed by atoms with Crippen molar-refractivity contribution in [2.75, 3.05) is 13.2 Å². The summed E-state index contributed by atoms with van der Waals surface area (Å²) in [5, 5.41) is 11.9. The zero-order valence-corrected chi connectivity index (χ0v) is 10.3. The van der Waals surface area contributed by atoms with Crippen LogP contribution in [0.4, 0.5) is 13.2 Å². The minimum absolute atomic E-state index is 0.209. The molecule has 0 bridgehead atoms. The lowest BCUT2D eigenvalue weighted by molar-refractivity contribution is -0.130. The zero-order valence-electron chi connectivity index (χ0n) is 10.3. The second kappa shape index (κ2) is 6.05. The van der Waals surface area contributed by atoms with Crippen molar-refractivity contribution in [1.29, 1.82) is 0 Å². The average molecular weight is 253 g/mol. The zero-order chi connectivity index (χ0) is 12.9. The van der Waals surface area contributed by atoms with E-state index in [4.69, 9.17) is 0 Å². The van der Waals surface area contributed by atoms with E-state index in [-0.39, 0.29) is 6.61 Å².